The molecule has 1 aliphatic carbocycles. The van der Waals surface area contributed by atoms with Crippen LogP contribution in [0.1, 0.15) is 30.1 Å². The Balaban J connectivity index is 1.95. The first-order chi connectivity index (χ1) is 10.0. The molecule has 1 N–H and O–H groups in total. The second kappa shape index (κ2) is 6.72. The number of rotatable bonds is 5. The molecular weight excluding hydrogens is 268 g/mol. The van der Waals surface area contributed by atoms with E-state index in [9.17, 15) is 9.59 Å². The molecule has 5 nitrogen and oxygen atoms in total. The zero-order valence-electron chi connectivity index (χ0n) is 12.8. The van der Waals surface area contributed by atoms with E-state index in [0.717, 1.165) is 18.5 Å². The van der Waals surface area contributed by atoms with Crippen LogP contribution in [-0.2, 0) is 9.53 Å². The molecule has 1 aliphatic rings. The smallest absolute Gasteiger partial charge is 0.251 e. The fourth-order valence-corrected chi connectivity index (χ4v) is 2.44. The van der Waals surface area contributed by atoms with Crippen LogP contribution in [0.3, 0.4) is 0 Å². The van der Waals surface area contributed by atoms with Crippen LogP contribution in [0.4, 0.5) is 5.69 Å². The molecule has 0 aliphatic heterocycles. The van der Waals surface area contributed by atoms with Crippen LogP contribution in [0.5, 0.6) is 0 Å². The summed E-state index contributed by atoms with van der Waals surface area (Å²) in [4.78, 5) is 25.0. The molecule has 1 fully saturated rings. The van der Waals surface area contributed by atoms with Gasteiger partial charge in [0.2, 0.25) is 5.91 Å². The number of benzene rings is 1. The summed E-state index contributed by atoms with van der Waals surface area (Å²) >= 11 is 0. The van der Waals surface area contributed by atoms with Crippen molar-refractivity contribution in [1.29, 1.82) is 0 Å². The van der Waals surface area contributed by atoms with Crippen LogP contribution in [-0.4, -0.2) is 38.6 Å². The van der Waals surface area contributed by atoms with Crippen molar-refractivity contribution in [2.75, 3.05) is 25.7 Å². The van der Waals surface area contributed by atoms with Gasteiger partial charge in [0.1, 0.15) is 0 Å². The minimum absolute atomic E-state index is 0.0379. The number of anilines is 1. The number of carbonyl (C=O) groups excluding carboxylic acids is 2. The number of amides is 2. The Morgan fingerprint density at radius 1 is 1.29 bits per heavy atom. The third-order valence-electron chi connectivity index (χ3n) is 4.10. The number of nitrogens with zero attached hydrogens (tertiary/aromatic N) is 1. The van der Waals surface area contributed by atoms with Crippen LogP contribution < -0.4 is 10.2 Å². The monoisotopic (exact) mass is 290 g/mol. The van der Waals surface area contributed by atoms with Gasteiger partial charge in [0, 0.05) is 44.3 Å². The highest BCUT2D eigenvalue weighted by Crippen LogP contribution is 2.27. The van der Waals surface area contributed by atoms with E-state index in [1.807, 2.05) is 0 Å². The molecule has 2 amide bonds. The first-order valence-corrected chi connectivity index (χ1v) is 7.17. The number of ether oxygens (including phenoxy) is 1. The zero-order chi connectivity index (χ0) is 15.4. The molecule has 114 valence electrons. The predicted octanol–water partition coefficient (Wildman–Crippen LogP) is 1.82. The van der Waals surface area contributed by atoms with Gasteiger partial charge in [-0.15, -0.1) is 0 Å². The summed E-state index contributed by atoms with van der Waals surface area (Å²) in [6.07, 6.45) is 2.10. The summed E-state index contributed by atoms with van der Waals surface area (Å²) in [6, 6.07) is 7.26. The predicted molar refractivity (Wildman–Crippen MR) is 81.4 cm³/mol. The van der Waals surface area contributed by atoms with Gasteiger partial charge in [-0.2, -0.15) is 0 Å². The van der Waals surface area contributed by atoms with Crippen LogP contribution in [0.25, 0.3) is 0 Å². The van der Waals surface area contributed by atoms with E-state index in [1.165, 1.54) is 6.92 Å². The second-order valence-corrected chi connectivity index (χ2v) is 5.50. The van der Waals surface area contributed by atoms with Crippen molar-refractivity contribution < 1.29 is 14.3 Å². The van der Waals surface area contributed by atoms with Crippen molar-refractivity contribution in [2.24, 2.45) is 5.92 Å². The van der Waals surface area contributed by atoms with E-state index < -0.39 is 0 Å². The minimum atomic E-state index is -0.0715. The standard InChI is InChI=1S/C16H22N2O3/c1-11(19)18(2)14-7-4-12(5-8-14)16(20)17-15-9-6-13(15)10-21-3/h4-5,7-8,13,15H,6,9-10H2,1-3H3,(H,17,20)/t13-,15-/m1/s1. The molecular formula is C16H22N2O3. The summed E-state index contributed by atoms with van der Waals surface area (Å²) in [5.41, 5.74) is 1.39. The summed E-state index contributed by atoms with van der Waals surface area (Å²) in [6.45, 7) is 2.19. The highest BCUT2D eigenvalue weighted by atomic mass is 16.5. The number of carbonyl (C=O) groups is 2. The molecule has 2 atom stereocenters. The third-order valence-corrected chi connectivity index (χ3v) is 4.10. The molecule has 1 saturated carbocycles. The number of nitrogens with one attached hydrogen (secondary N) is 1. The van der Waals surface area contributed by atoms with Crippen molar-refractivity contribution in [2.45, 2.75) is 25.8 Å². The quantitative estimate of drug-likeness (QED) is 0.900. The number of hydrogen-bond acceptors (Lipinski definition) is 3. The molecule has 0 spiro atoms. The zero-order valence-corrected chi connectivity index (χ0v) is 12.8. The molecule has 0 unspecified atom stereocenters. The van der Waals surface area contributed by atoms with Gasteiger partial charge in [-0.25, -0.2) is 0 Å². The van der Waals surface area contributed by atoms with Crippen molar-refractivity contribution in [3.05, 3.63) is 29.8 Å². The van der Waals surface area contributed by atoms with Crippen LogP contribution in [0, 0.1) is 5.92 Å². The van der Waals surface area contributed by atoms with E-state index in [0.29, 0.717) is 18.1 Å². The second-order valence-electron chi connectivity index (χ2n) is 5.50. The van der Waals surface area contributed by atoms with Gasteiger partial charge in [0.15, 0.2) is 0 Å². The molecule has 2 rings (SSSR count). The lowest BCUT2D eigenvalue weighted by Gasteiger charge is -2.36. The maximum absolute atomic E-state index is 12.2. The van der Waals surface area contributed by atoms with Gasteiger partial charge in [0.25, 0.3) is 5.91 Å². The van der Waals surface area contributed by atoms with Crippen molar-refractivity contribution in [3.63, 3.8) is 0 Å². The minimum Gasteiger partial charge on any atom is -0.384 e. The van der Waals surface area contributed by atoms with Gasteiger partial charge in [-0.3, -0.25) is 9.59 Å². The molecule has 0 aromatic heterocycles. The highest BCUT2D eigenvalue weighted by Gasteiger charge is 2.31. The highest BCUT2D eigenvalue weighted by molar-refractivity contribution is 5.96. The number of methoxy groups -OCH3 is 1. The lowest BCUT2D eigenvalue weighted by Crippen LogP contribution is -2.48. The molecule has 21 heavy (non-hydrogen) atoms. The van der Waals surface area contributed by atoms with Gasteiger partial charge in [-0.1, -0.05) is 0 Å². The van der Waals surface area contributed by atoms with Crippen molar-refractivity contribution in [3.8, 4) is 0 Å². The van der Waals surface area contributed by atoms with Crippen molar-refractivity contribution >= 4 is 17.5 Å². The Kier molecular flexibility index (Phi) is 4.96. The van der Waals surface area contributed by atoms with E-state index in [1.54, 1.807) is 43.3 Å². The summed E-state index contributed by atoms with van der Waals surface area (Å²) in [7, 11) is 3.39. The molecule has 0 heterocycles. The van der Waals surface area contributed by atoms with E-state index in [2.05, 4.69) is 5.32 Å². The Hall–Kier alpha value is -1.88. The third kappa shape index (κ3) is 3.61. The Bertz CT molecular complexity index is 513. The van der Waals surface area contributed by atoms with Crippen LogP contribution in [0.15, 0.2) is 24.3 Å². The van der Waals surface area contributed by atoms with Crippen molar-refractivity contribution in [1.82, 2.24) is 5.32 Å². The van der Waals surface area contributed by atoms with Gasteiger partial charge in [0.05, 0.1) is 6.61 Å². The lowest BCUT2D eigenvalue weighted by molar-refractivity contribution is -0.116. The maximum atomic E-state index is 12.2. The Labute approximate surface area is 125 Å². The first-order valence-electron chi connectivity index (χ1n) is 7.17. The largest absolute Gasteiger partial charge is 0.384 e. The van der Waals surface area contributed by atoms with Gasteiger partial charge >= 0.3 is 0 Å². The van der Waals surface area contributed by atoms with Gasteiger partial charge < -0.3 is 15.0 Å². The molecule has 1 aromatic carbocycles. The van der Waals surface area contributed by atoms with E-state index >= 15 is 0 Å². The van der Waals surface area contributed by atoms with E-state index in [4.69, 9.17) is 4.74 Å². The van der Waals surface area contributed by atoms with E-state index in [-0.39, 0.29) is 17.9 Å². The molecule has 0 radical (unpaired) electrons. The fourth-order valence-electron chi connectivity index (χ4n) is 2.44. The van der Waals surface area contributed by atoms with Crippen LogP contribution >= 0.6 is 0 Å². The molecule has 0 bridgehead atoms. The molecule has 5 heteroatoms. The fraction of sp³-hybridized carbons (Fsp3) is 0.500. The maximum Gasteiger partial charge on any atom is 0.251 e. The summed E-state index contributed by atoms with van der Waals surface area (Å²) < 4.78 is 5.14. The normalized spacial score (nSPS) is 20.5. The Morgan fingerprint density at radius 3 is 2.43 bits per heavy atom. The average Bonchev–Trinajstić information content (AvgIpc) is 2.48. The summed E-state index contributed by atoms with van der Waals surface area (Å²) in [5.74, 6) is 0.309. The molecule has 1 aromatic rings. The number of hydrogen-bond donors (Lipinski definition) is 1. The Morgan fingerprint density at radius 2 is 1.95 bits per heavy atom. The first kappa shape index (κ1) is 15.5. The lowest BCUT2D eigenvalue weighted by atomic mass is 9.80. The topological polar surface area (TPSA) is 58.6 Å². The average molecular weight is 290 g/mol. The SMILES string of the molecule is COC[C@H]1CC[C@H]1NC(=O)c1ccc(N(C)C(C)=O)cc1. The molecule has 0 saturated heterocycles. The summed E-state index contributed by atoms with van der Waals surface area (Å²) in [5, 5.41) is 3.04. The van der Waals surface area contributed by atoms with Crippen LogP contribution in [0.2, 0.25) is 0 Å². The van der Waals surface area contributed by atoms with Gasteiger partial charge in [-0.05, 0) is 37.1 Å².